The molecule has 17 heavy (non-hydrogen) atoms. The lowest BCUT2D eigenvalue weighted by atomic mass is 10.1. The van der Waals surface area contributed by atoms with Gasteiger partial charge in [0.2, 0.25) is 0 Å². The number of hydrogen-bond acceptors (Lipinski definition) is 3. The van der Waals surface area contributed by atoms with E-state index < -0.39 is 0 Å². The van der Waals surface area contributed by atoms with Crippen molar-refractivity contribution < 1.29 is 4.74 Å². The van der Waals surface area contributed by atoms with E-state index in [0.29, 0.717) is 0 Å². The summed E-state index contributed by atoms with van der Waals surface area (Å²) >= 11 is 0. The Morgan fingerprint density at radius 3 is 2.94 bits per heavy atom. The first-order valence-electron chi connectivity index (χ1n) is 6.51. The zero-order chi connectivity index (χ0) is 12.5. The molecule has 0 aliphatic carbocycles. The minimum Gasteiger partial charge on any atom is -0.380 e. The normalized spacial score (nSPS) is 11.3. The summed E-state index contributed by atoms with van der Waals surface area (Å²) < 4.78 is 7.68. The topological polar surface area (TPSA) is 39.1 Å². The molecule has 1 rings (SSSR count). The first kappa shape index (κ1) is 14.2. The largest absolute Gasteiger partial charge is 0.380 e. The Balaban J connectivity index is 2.01. The summed E-state index contributed by atoms with van der Waals surface area (Å²) in [6.45, 7) is 10.9. The third kappa shape index (κ3) is 5.84. The molecule has 0 amide bonds. The van der Waals surface area contributed by atoms with Crippen LogP contribution >= 0.6 is 0 Å². The molecule has 0 saturated heterocycles. The summed E-state index contributed by atoms with van der Waals surface area (Å²) in [6.07, 6.45) is 4.93. The average Bonchev–Trinajstić information content (AvgIpc) is 2.74. The van der Waals surface area contributed by atoms with Crippen LogP contribution < -0.4 is 5.32 Å². The quantitative estimate of drug-likeness (QED) is 0.670. The fraction of sp³-hybridized carbons (Fsp3) is 0.769. The number of aromatic nitrogens is 2. The third-order valence-corrected chi connectivity index (χ3v) is 2.71. The highest BCUT2D eigenvalue weighted by molar-refractivity contribution is 4.97. The summed E-state index contributed by atoms with van der Waals surface area (Å²) in [5, 5.41) is 3.36. The second-order valence-corrected chi connectivity index (χ2v) is 4.64. The second-order valence-electron chi connectivity index (χ2n) is 4.64. The van der Waals surface area contributed by atoms with Gasteiger partial charge in [0, 0.05) is 32.4 Å². The monoisotopic (exact) mass is 239 g/mol. The van der Waals surface area contributed by atoms with Gasteiger partial charge in [0.05, 0.1) is 18.6 Å². The summed E-state index contributed by atoms with van der Waals surface area (Å²) in [4.78, 5) is 4.13. The molecule has 1 heterocycles. The number of nitrogens with one attached hydrogen (secondary N) is 1. The van der Waals surface area contributed by atoms with Crippen molar-refractivity contribution in [1.82, 2.24) is 14.9 Å². The Kier molecular flexibility index (Phi) is 6.89. The van der Waals surface area contributed by atoms with Gasteiger partial charge in [-0.2, -0.15) is 0 Å². The molecule has 0 aliphatic heterocycles. The molecule has 0 aromatic carbocycles. The lowest BCUT2D eigenvalue weighted by molar-refractivity contribution is 0.125. The number of rotatable bonds is 9. The van der Waals surface area contributed by atoms with Gasteiger partial charge in [0.25, 0.3) is 0 Å². The molecule has 0 aliphatic rings. The van der Waals surface area contributed by atoms with E-state index in [-0.39, 0.29) is 0 Å². The summed E-state index contributed by atoms with van der Waals surface area (Å²) in [7, 11) is 0. The molecule has 0 spiro atoms. The van der Waals surface area contributed by atoms with E-state index in [1.165, 1.54) is 5.69 Å². The van der Waals surface area contributed by atoms with Crippen LogP contribution in [0.3, 0.4) is 0 Å². The molecule has 1 N–H and O–H groups in total. The van der Waals surface area contributed by atoms with Crippen LogP contribution in [-0.2, 0) is 17.8 Å². The van der Waals surface area contributed by atoms with Gasteiger partial charge < -0.3 is 14.6 Å². The van der Waals surface area contributed by atoms with Crippen molar-refractivity contribution in [2.45, 2.75) is 40.3 Å². The predicted octanol–water partition coefficient (Wildman–Crippen LogP) is 2.06. The Morgan fingerprint density at radius 1 is 1.41 bits per heavy atom. The molecular weight excluding hydrogens is 214 g/mol. The van der Waals surface area contributed by atoms with E-state index in [9.17, 15) is 0 Å². The van der Waals surface area contributed by atoms with Gasteiger partial charge in [-0.15, -0.1) is 0 Å². The van der Waals surface area contributed by atoms with Gasteiger partial charge in [0.1, 0.15) is 0 Å². The average molecular weight is 239 g/mol. The molecule has 1 aromatic heterocycles. The molecule has 98 valence electrons. The first-order valence-corrected chi connectivity index (χ1v) is 6.51. The SMILES string of the molecule is CCn1cncc1CNCCOCCC(C)C. The number of aryl methyl sites for hydroxylation is 1. The molecule has 0 unspecified atom stereocenters. The molecule has 0 atom stereocenters. The third-order valence-electron chi connectivity index (χ3n) is 2.71. The molecular formula is C13H25N3O. The Bertz CT molecular complexity index is 297. The van der Waals surface area contributed by atoms with Gasteiger partial charge >= 0.3 is 0 Å². The fourth-order valence-corrected chi connectivity index (χ4v) is 1.56. The highest BCUT2D eigenvalue weighted by Crippen LogP contribution is 1.99. The Labute approximate surface area is 104 Å². The van der Waals surface area contributed by atoms with E-state index in [4.69, 9.17) is 4.74 Å². The van der Waals surface area contributed by atoms with Crippen LogP contribution in [-0.4, -0.2) is 29.3 Å². The maximum atomic E-state index is 5.54. The van der Waals surface area contributed by atoms with E-state index in [1.54, 1.807) is 0 Å². The number of imidazole rings is 1. The summed E-state index contributed by atoms with van der Waals surface area (Å²) in [5.74, 6) is 0.724. The van der Waals surface area contributed by atoms with Crippen LogP contribution in [0.15, 0.2) is 12.5 Å². The van der Waals surface area contributed by atoms with E-state index in [2.05, 4.69) is 35.6 Å². The van der Waals surface area contributed by atoms with Crippen molar-refractivity contribution in [2.24, 2.45) is 5.92 Å². The van der Waals surface area contributed by atoms with E-state index in [0.717, 1.165) is 45.2 Å². The molecule has 4 heteroatoms. The fourth-order valence-electron chi connectivity index (χ4n) is 1.56. The van der Waals surface area contributed by atoms with Crippen LogP contribution in [0.2, 0.25) is 0 Å². The first-order chi connectivity index (χ1) is 8.24. The molecule has 0 fully saturated rings. The molecule has 0 radical (unpaired) electrons. The second kappa shape index (κ2) is 8.25. The highest BCUT2D eigenvalue weighted by atomic mass is 16.5. The van der Waals surface area contributed by atoms with Crippen molar-refractivity contribution in [3.8, 4) is 0 Å². The van der Waals surface area contributed by atoms with Gasteiger partial charge in [-0.3, -0.25) is 0 Å². The minimum atomic E-state index is 0.724. The van der Waals surface area contributed by atoms with Crippen LogP contribution in [0.4, 0.5) is 0 Å². The van der Waals surface area contributed by atoms with Gasteiger partial charge in [-0.1, -0.05) is 13.8 Å². The van der Waals surface area contributed by atoms with Gasteiger partial charge in [-0.25, -0.2) is 4.98 Å². The maximum absolute atomic E-state index is 5.54. The number of hydrogen-bond donors (Lipinski definition) is 1. The van der Waals surface area contributed by atoms with Crippen molar-refractivity contribution in [3.05, 3.63) is 18.2 Å². The summed E-state index contributed by atoms with van der Waals surface area (Å²) in [5.41, 5.74) is 1.23. The zero-order valence-corrected chi connectivity index (χ0v) is 11.3. The van der Waals surface area contributed by atoms with Crippen molar-refractivity contribution in [3.63, 3.8) is 0 Å². The molecule has 0 bridgehead atoms. The predicted molar refractivity (Wildman–Crippen MR) is 69.9 cm³/mol. The highest BCUT2D eigenvalue weighted by Gasteiger charge is 1.99. The maximum Gasteiger partial charge on any atom is 0.0948 e. The van der Waals surface area contributed by atoms with Crippen molar-refractivity contribution in [1.29, 1.82) is 0 Å². The standard InChI is InChI=1S/C13H25N3O/c1-4-16-11-15-10-13(16)9-14-6-8-17-7-5-12(2)3/h10-12,14H,4-9H2,1-3H3. The number of ether oxygens (including phenoxy) is 1. The lowest BCUT2D eigenvalue weighted by Gasteiger charge is -2.08. The van der Waals surface area contributed by atoms with E-state index >= 15 is 0 Å². The van der Waals surface area contributed by atoms with Crippen molar-refractivity contribution >= 4 is 0 Å². The number of nitrogens with zero attached hydrogens (tertiary/aromatic N) is 2. The molecule has 1 aromatic rings. The van der Waals surface area contributed by atoms with Gasteiger partial charge in [-0.05, 0) is 19.3 Å². The van der Waals surface area contributed by atoms with E-state index in [1.807, 2.05) is 12.5 Å². The zero-order valence-electron chi connectivity index (χ0n) is 11.3. The molecule has 0 saturated carbocycles. The van der Waals surface area contributed by atoms with Crippen LogP contribution in [0.25, 0.3) is 0 Å². The van der Waals surface area contributed by atoms with Gasteiger partial charge in [0.15, 0.2) is 0 Å². The van der Waals surface area contributed by atoms with Crippen LogP contribution in [0.5, 0.6) is 0 Å². The molecule has 4 nitrogen and oxygen atoms in total. The van der Waals surface area contributed by atoms with Crippen molar-refractivity contribution in [2.75, 3.05) is 19.8 Å². The minimum absolute atomic E-state index is 0.724. The van der Waals surface area contributed by atoms with Crippen LogP contribution in [0, 0.1) is 5.92 Å². The Morgan fingerprint density at radius 2 is 2.24 bits per heavy atom. The smallest absolute Gasteiger partial charge is 0.0948 e. The Hall–Kier alpha value is -0.870. The van der Waals surface area contributed by atoms with Crippen LogP contribution in [0.1, 0.15) is 32.9 Å². The lowest BCUT2D eigenvalue weighted by Crippen LogP contribution is -2.21. The summed E-state index contributed by atoms with van der Waals surface area (Å²) in [6, 6.07) is 0.